The Kier molecular flexibility index (Phi) is 6.56. The standard InChI is InChI=1S/C19H26N2O4/c1-2-19(10-4-3-5-11-19)18(25)21-15-8-6-14(7-9-15)12-16(22)20-13-17(23)24/h6-9H,2-5,10-13H2,1H3,(H,20,22)(H,21,25)(H,23,24). The first kappa shape index (κ1) is 19.0. The van der Waals surface area contributed by atoms with Crippen LogP contribution in [0.25, 0.3) is 0 Å². The maximum atomic E-state index is 12.7. The van der Waals surface area contributed by atoms with Gasteiger partial charge in [0.15, 0.2) is 0 Å². The van der Waals surface area contributed by atoms with Crippen LogP contribution in [-0.2, 0) is 20.8 Å². The first-order chi connectivity index (χ1) is 11.9. The summed E-state index contributed by atoms with van der Waals surface area (Å²) in [4.78, 5) is 34.8. The van der Waals surface area contributed by atoms with Crippen molar-refractivity contribution in [3.63, 3.8) is 0 Å². The number of rotatable bonds is 7. The molecule has 2 amide bonds. The van der Waals surface area contributed by atoms with Crippen LogP contribution in [0.2, 0.25) is 0 Å². The number of carboxylic acid groups (broad SMARTS) is 1. The third-order valence-electron chi connectivity index (χ3n) is 4.98. The smallest absolute Gasteiger partial charge is 0.322 e. The van der Waals surface area contributed by atoms with Gasteiger partial charge < -0.3 is 15.7 Å². The predicted molar refractivity (Wildman–Crippen MR) is 95.2 cm³/mol. The molecule has 0 bridgehead atoms. The normalized spacial score (nSPS) is 16.0. The Morgan fingerprint density at radius 1 is 1.08 bits per heavy atom. The zero-order valence-electron chi connectivity index (χ0n) is 14.6. The molecule has 3 N–H and O–H groups in total. The number of carbonyl (C=O) groups excluding carboxylic acids is 2. The van der Waals surface area contributed by atoms with Gasteiger partial charge in [0.05, 0.1) is 6.42 Å². The van der Waals surface area contributed by atoms with Crippen molar-refractivity contribution in [3.8, 4) is 0 Å². The number of benzene rings is 1. The minimum absolute atomic E-state index is 0.0849. The molecule has 6 heteroatoms. The highest BCUT2D eigenvalue weighted by atomic mass is 16.4. The van der Waals surface area contributed by atoms with Crippen LogP contribution in [0.5, 0.6) is 0 Å². The first-order valence-corrected chi connectivity index (χ1v) is 8.84. The molecule has 6 nitrogen and oxygen atoms in total. The van der Waals surface area contributed by atoms with Crippen molar-refractivity contribution in [1.29, 1.82) is 0 Å². The highest BCUT2D eigenvalue weighted by molar-refractivity contribution is 5.95. The van der Waals surface area contributed by atoms with Gasteiger partial charge in [-0.1, -0.05) is 38.3 Å². The number of hydrogen-bond acceptors (Lipinski definition) is 3. The fourth-order valence-electron chi connectivity index (χ4n) is 3.36. The van der Waals surface area contributed by atoms with Crippen LogP contribution in [0.4, 0.5) is 5.69 Å². The fourth-order valence-corrected chi connectivity index (χ4v) is 3.36. The van der Waals surface area contributed by atoms with E-state index in [-0.39, 0.29) is 30.2 Å². The molecule has 1 saturated carbocycles. The second-order valence-corrected chi connectivity index (χ2v) is 6.69. The lowest BCUT2D eigenvalue weighted by Crippen LogP contribution is -2.37. The molecule has 0 saturated heterocycles. The van der Waals surface area contributed by atoms with Crippen LogP contribution in [0.15, 0.2) is 24.3 Å². The summed E-state index contributed by atoms with van der Waals surface area (Å²) in [5, 5.41) is 13.9. The molecular weight excluding hydrogens is 320 g/mol. The van der Waals surface area contributed by atoms with E-state index in [4.69, 9.17) is 5.11 Å². The van der Waals surface area contributed by atoms with Crippen LogP contribution in [0.1, 0.15) is 51.0 Å². The van der Waals surface area contributed by atoms with Gasteiger partial charge >= 0.3 is 5.97 Å². The molecule has 0 aromatic heterocycles. The summed E-state index contributed by atoms with van der Waals surface area (Å²) in [6, 6.07) is 7.11. The first-order valence-electron chi connectivity index (χ1n) is 8.84. The van der Waals surface area contributed by atoms with E-state index >= 15 is 0 Å². The molecule has 136 valence electrons. The van der Waals surface area contributed by atoms with Crippen molar-refractivity contribution in [2.24, 2.45) is 5.41 Å². The number of carboxylic acids is 1. The Hall–Kier alpha value is -2.37. The summed E-state index contributed by atoms with van der Waals surface area (Å²) in [6.07, 6.45) is 6.25. The van der Waals surface area contributed by atoms with E-state index in [1.54, 1.807) is 24.3 Å². The van der Waals surface area contributed by atoms with Gasteiger partial charge in [-0.2, -0.15) is 0 Å². The molecule has 1 fully saturated rings. The lowest BCUT2D eigenvalue weighted by molar-refractivity contribution is -0.137. The summed E-state index contributed by atoms with van der Waals surface area (Å²) < 4.78 is 0. The molecule has 25 heavy (non-hydrogen) atoms. The molecule has 2 rings (SSSR count). The topological polar surface area (TPSA) is 95.5 Å². The molecule has 0 aliphatic heterocycles. The lowest BCUT2D eigenvalue weighted by Gasteiger charge is -2.34. The Balaban J connectivity index is 1.92. The number of carbonyl (C=O) groups is 3. The van der Waals surface area contributed by atoms with Gasteiger partial charge in [-0.15, -0.1) is 0 Å². The van der Waals surface area contributed by atoms with Crippen molar-refractivity contribution in [2.45, 2.75) is 51.9 Å². The van der Waals surface area contributed by atoms with E-state index in [0.717, 1.165) is 43.4 Å². The number of anilines is 1. The molecule has 0 atom stereocenters. The Morgan fingerprint density at radius 2 is 1.72 bits per heavy atom. The summed E-state index contributed by atoms with van der Waals surface area (Å²) in [5.74, 6) is -1.33. The van der Waals surface area contributed by atoms with Crippen molar-refractivity contribution >= 4 is 23.5 Å². The minimum atomic E-state index is -1.07. The van der Waals surface area contributed by atoms with Gasteiger partial charge in [-0.25, -0.2) is 0 Å². The quantitative estimate of drug-likeness (QED) is 0.707. The van der Waals surface area contributed by atoms with Crippen LogP contribution in [0.3, 0.4) is 0 Å². The molecule has 0 heterocycles. The minimum Gasteiger partial charge on any atom is -0.480 e. The summed E-state index contributed by atoms with van der Waals surface area (Å²) in [7, 11) is 0. The van der Waals surface area contributed by atoms with Crippen LogP contribution in [-0.4, -0.2) is 29.4 Å². The van der Waals surface area contributed by atoms with Crippen LogP contribution < -0.4 is 10.6 Å². The summed E-state index contributed by atoms with van der Waals surface area (Å²) in [6.45, 7) is 1.69. The second-order valence-electron chi connectivity index (χ2n) is 6.69. The monoisotopic (exact) mass is 346 g/mol. The van der Waals surface area contributed by atoms with Crippen LogP contribution >= 0.6 is 0 Å². The van der Waals surface area contributed by atoms with Gasteiger partial charge in [0.1, 0.15) is 6.54 Å². The number of aliphatic carboxylic acids is 1. The van der Waals surface area contributed by atoms with Crippen LogP contribution in [0, 0.1) is 5.41 Å². The largest absolute Gasteiger partial charge is 0.480 e. The molecule has 1 aromatic carbocycles. The van der Waals surface area contributed by atoms with Gasteiger partial charge in [0, 0.05) is 11.1 Å². The molecule has 1 aliphatic carbocycles. The number of amides is 2. The zero-order valence-corrected chi connectivity index (χ0v) is 14.6. The van der Waals surface area contributed by atoms with Gasteiger partial charge in [0.25, 0.3) is 0 Å². The van der Waals surface area contributed by atoms with Crippen molar-refractivity contribution in [1.82, 2.24) is 5.32 Å². The van der Waals surface area contributed by atoms with E-state index in [2.05, 4.69) is 17.6 Å². The zero-order chi connectivity index (χ0) is 18.3. The van der Waals surface area contributed by atoms with E-state index in [9.17, 15) is 14.4 Å². The van der Waals surface area contributed by atoms with E-state index in [0.29, 0.717) is 0 Å². The highest BCUT2D eigenvalue weighted by Crippen LogP contribution is 2.40. The maximum absolute atomic E-state index is 12.7. The molecule has 0 spiro atoms. The second kappa shape index (κ2) is 8.65. The van der Waals surface area contributed by atoms with E-state index in [1.165, 1.54) is 6.42 Å². The number of nitrogens with one attached hydrogen (secondary N) is 2. The van der Waals surface area contributed by atoms with Crippen molar-refractivity contribution < 1.29 is 19.5 Å². The SMILES string of the molecule is CCC1(C(=O)Nc2ccc(CC(=O)NCC(=O)O)cc2)CCCCC1. The Labute approximate surface area is 148 Å². The van der Waals surface area contributed by atoms with E-state index in [1.807, 2.05) is 0 Å². The lowest BCUT2D eigenvalue weighted by atomic mass is 9.71. The van der Waals surface area contributed by atoms with Gasteiger partial charge in [-0.3, -0.25) is 14.4 Å². The average molecular weight is 346 g/mol. The highest BCUT2D eigenvalue weighted by Gasteiger charge is 2.37. The van der Waals surface area contributed by atoms with Gasteiger partial charge in [0.2, 0.25) is 11.8 Å². The maximum Gasteiger partial charge on any atom is 0.322 e. The van der Waals surface area contributed by atoms with Gasteiger partial charge in [-0.05, 0) is 37.0 Å². The van der Waals surface area contributed by atoms with E-state index < -0.39 is 5.97 Å². The molecular formula is C19H26N2O4. The van der Waals surface area contributed by atoms with Crippen molar-refractivity contribution in [3.05, 3.63) is 29.8 Å². The summed E-state index contributed by atoms with van der Waals surface area (Å²) >= 11 is 0. The third kappa shape index (κ3) is 5.31. The summed E-state index contributed by atoms with van der Waals surface area (Å²) in [5.41, 5.74) is 1.23. The molecule has 1 aromatic rings. The Morgan fingerprint density at radius 3 is 2.28 bits per heavy atom. The van der Waals surface area contributed by atoms with Crippen molar-refractivity contribution in [2.75, 3.05) is 11.9 Å². The Bertz CT molecular complexity index is 619. The fraction of sp³-hybridized carbons (Fsp3) is 0.526. The average Bonchev–Trinajstić information content (AvgIpc) is 2.62. The molecule has 1 aliphatic rings. The molecule has 0 radical (unpaired) electrons. The third-order valence-corrected chi connectivity index (χ3v) is 4.98. The number of hydrogen-bond donors (Lipinski definition) is 3. The predicted octanol–water partition coefficient (Wildman–Crippen LogP) is 2.73. The molecule has 0 unspecified atom stereocenters.